The first kappa shape index (κ1) is 18.2. The lowest BCUT2D eigenvalue weighted by atomic mass is 9.57. The Morgan fingerprint density at radius 3 is 2.68 bits per heavy atom. The molecule has 3 rings (SSSR count). The van der Waals surface area contributed by atoms with Crippen molar-refractivity contribution in [1.82, 2.24) is 10.6 Å². The van der Waals surface area contributed by atoms with Gasteiger partial charge in [0, 0.05) is 37.6 Å². The van der Waals surface area contributed by atoms with Crippen molar-refractivity contribution in [3.63, 3.8) is 0 Å². The Morgan fingerprint density at radius 2 is 2.00 bits per heavy atom. The molecule has 4 nitrogen and oxygen atoms in total. The fourth-order valence-electron chi connectivity index (χ4n) is 4.49. The van der Waals surface area contributed by atoms with E-state index in [4.69, 9.17) is 4.74 Å². The third-order valence-electron chi connectivity index (χ3n) is 5.88. The molecule has 1 saturated carbocycles. The Kier molecular flexibility index (Phi) is 5.10. The summed E-state index contributed by atoms with van der Waals surface area (Å²) in [6, 6.07) is 11.1. The molecule has 1 aliphatic heterocycles. The number of fused-ring (bicyclic) bond motifs is 1. The molecule has 0 spiro atoms. The Balaban J connectivity index is 1.54. The Morgan fingerprint density at radius 1 is 1.28 bits per heavy atom. The van der Waals surface area contributed by atoms with Crippen LogP contribution in [0.3, 0.4) is 0 Å². The predicted octanol–water partition coefficient (Wildman–Crippen LogP) is 3.23. The first-order valence-corrected chi connectivity index (χ1v) is 9.46. The number of aliphatic imine (C=N–C) groups is 1. The molecule has 2 N–H and O–H groups in total. The van der Waals surface area contributed by atoms with E-state index in [1.807, 2.05) is 7.05 Å². The summed E-state index contributed by atoms with van der Waals surface area (Å²) >= 11 is 0. The van der Waals surface area contributed by atoms with Crippen LogP contribution in [0, 0.1) is 16.7 Å². The molecule has 138 valence electrons. The van der Waals surface area contributed by atoms with Crippen molar-refractivity contribution in [2.24, 2.45) is 21.7 Å². The van der Waals surface area contributed by atoms with E-state index in [1.54, 1.807) is 0 Å². The number of rotatable bonds is 5. The summed E-state index contributed by atoms with van der Waals surface area (Å²) in [6.45, 7) is 11.0. The Hall–Kier alpha value is -1.55. The van der Waals surface area contributed by atoms with Crippen molar-refractivity contribution in [3.05, 3.63) is 35.9 Å². The van der Waals surface area contributed by atoms with Gasteiger partial charge in [-0.2, -0.15) is 0 Å². The Labute approximate surface area is 152 Å². The topological polar surface area (TPSA) is 45.7 Å². The number of guanidine groups is 1. The van der Waals surface area contributed by atoms with Gasteiger partial charge >= 0.3 is 0 Å². The molecule has 1 aromatic rings. The third-order valence-corrected chi connectivity index (χ3v) is 5.88. The van der Waals surface area contributed by atoms with Crippen LogP contribution in [0.4, 0.5) is 0 Å². The van der Waals surface area contributed by atoms with Gasteiger partial charge in [0.05, 0.1) is 6.10 Å². The molecule has 3 unspecified atom stereocenters. The number of ether oxygens (including phenoxy) is 1. The van der Waals surface area contributed by atoms with Crippen molar-refractivity contribution >= 4 is 5.96 Å². The second kappa shape index (κ2) is 6.99. The fourth-order valence-corrected chi connectivity index (χ4v) is 4.49. The minimum atomic E-state index is 0.160. The van der Waals surface area contributed by atoms with Gasteiger partial charge in [-0.15, -0.1) is 0 Å². The standard InChI is InChI=1S/C21H33N3O/c1-20(2,13-15-9-7-6-8-10-15)14-23-19(22-5)24-17-16-11-12-25-18(16)21(17,3)4/h6-10,16-18H,11-14H2,1-5H3,(H2,22,23,24). The van der Waals surface area contributed by atoms with Gasteiger partial charge in [-0.1, -0.05) is 58.0 Å². The normalized spacial score (nSPS) is 28.2. The van der Waals surface area contributed by atoms with Gasteiger partial charge in [0.25, 0.3) is 0 Å². The first-order valence-electron chi connectivity index (χ1n) is 9.46. The molecule has 2 fully saturated rings. The van der Waals surface area contributed by atoms with E-state index in [1.165, 1.54) is 5.56 Å². The van der Waals surface area contributed by atoms with E-state index >= 15 is 0 Å². The number of hydrogen-bond donors (Lipinski definition) is 2. The quantitative estimate of drug-likeness (QED) is 0.637. The van der Waals surface area contributed by atoms with Crippen molar-refractivity contribution in [2.45, 2.75) is 52.7 Å². The van der Waals surface area contributed by atoms with Crippen LogP contribution in [-0.4, -0.2) is 38.3 Å². The van der Waals surface area contributed by atoms with Crippen molar-refractivity contribution in [3.8, 4) is 0 Å². The minimum absolute atomic E-state index is 0.160. The molecular formula is C21H33N3O. The average Bonchev–Trinajstić information content (AvgIpc) is 3.02. The van der Waals surface area contributed by atoms with E-state index in [2.05, 4.69) is 73.7 Å². The highest BCUT2D eigenvalue weighted by Crippen LogP contribution is 2.52. The molecule has 1 saturated heterocycles. The van der Waals surface area contributed by atoms with Gasteiger partial charge < -0.3 is 15.4 Å². The maximum absolute atomic E-state index is 5.89. The van der Waals surface area contributed by atoms with Crippen molar-refractivity contribution in [1.29, 1.82) is 0 Å². The minimum Gasteiger partial charge on any atom is -0.377 e. The maximum atomic E-state index is 5.89. The first-order chi connectivity index (χ1) is 11.8. The third kappa shape index (κ3) is 3.84. The SMILES string of the molecule is CN=C(NCC(C)(C)Cc1ccccc1)NC1C2CCOC2C1(C)C. The smallest absolute Gasteiger partial charge is 0.191 e. The zero-order chi connectivity index (χ0) is 18.1. The van der Waals surface area contributed by atoms with Crippen LogP contribution in [0.5, 0.6) is 0 Å². The molecule has 1 aliphatic carbocycles. The highest BCUT2D eigenvalue weighted by molar-refractivity contribution is 5.80. The summed E-state index contributed by atoms with van der Waals surface area (Å²) in [6.07, 6.45) is 2.60. The maximum Gasteiger partial charge on any atom is 0.191 e. The van der Waals surface area contributed by atoms with Crippen molar-refractivity contribution in [2.75, 3.05) is 20.2 Å². The second-order valence-corrected chi connectivity index (χ2v) is 8.94. The van der Waals surface area contributed by atoms with E-state index in [0.717, 1.165) is 32.0 Å². The lowest BCUT2D eigenvalue weighted by molar-refractivity contribution is -0.106. The predicted molar refractivity (Wildman–Crippen MR) is 104 cm³/mol. The van der Waals surface area contributed by atoms with E-state index in [-0.39, 0.29) is 10.8 Å². The molecule has 1 aromatic carbocycles. The largest absolute Gasteiger partial charge is 0.377 e. The molecule has 0 aromatic heterocycles. The van der Waals surface area contributed by atoms with Crippen LogP contribution >= 0.6 is 0 Å². The lowest BCUT2D eigenvalue weighted by Gasteiger charge is -2.55. The molecule has 0 radical (unpaired) electrons. The number of nitrogens with one attached hydrogen (secondary N) is 2. The van der Waals surface area contributed by atoms with Gasteiger partial charge in [0.1, 0.15) is 0 Å². The summed E-state index contributed by atoms with van der Waals surface area (Å²) in [5, 5.41) is 7.20. The zero-order valence-electron chi connectivity index (χ0n) is 16.3. The van der Waals surface area contributed by atoms with Crippen LogP contribution in [0.15, 0.2) is 35.3 Å². The van der Waals surface area contributed by atoms with Crippen LogP contribution in [0.25, 0.3) is 0 Å². The Bertz CT molecular complexity index is 609. The monoisotopic (exact) mass is 343 g/mol. The van der Waals surface area contributed by atoms with Gasteiger partial charge in [-0.3, -0.25) is 4.99 Å². The van der Waals surface area contributed by atoms with Crippen LogP contribution in [-0.2, 0) is 11.2 Å². The number of benzene rings is 1. The zero-order valence-corrected chi connectivity index (χ0v) is 16.3. The highest BCUT2D eigenvalue weighted by Gasteiger charge is 2.59. The second-order valence-electron chi connectivity index (χ2n) is 8.94. The van der Waals surface area contributed by atoms with Crippen LogP contribution in [0.2, 0.25) is 0 Å². The van der Waals surface area contributed by atoms with Crippen LogP contribution < -0.4 is 10.6 Å². The molecule has 1 heterocycles. The lowest BCUT2D eigenvalue weighted by Crippen LogP contribution is -2.68. The fraction of sp³-hybridized carbons (Fsp3) is 0.667. The summed E-state index contributed by atoms with van der Waals surface area (Å²) in [7, 11) is 1.85. The van der Waals surface area contributed by atoms with Gasteiger partial charge in [0.15, 0.2) is 5.96 Å². The molecule has 0 amide bonds. The van der Waals surface area contributed by atoms with Crippen LogP contribution in [0.1, 0.15) is 39.7 Å². The van der Waals surface area contributed by atoms with Gasteiger partial charge in [0.2, 0.25) is 0 Å². The molecule has 25 heavy (non-hydrogen) atoms. The number of hydrogen-bond acceptors (Lipinski definition) is 2. The van der Waals surface area contributed by atoms with Gasteiger partial charge in [-0.05, 0) is 23.8 Å². The molecule has 0 bridgehead atoms. The highest BCUT2D eigenvalue weighted by atomic mass is 16.5. The van der Waals surface area contributed by atoms with Gasteiger partial charge in [-0.25, -0.2) is 0 Å². The van der Waals surface area contributed by atoms with E-state index in [0.29, 0.717) is 18.1 Å². The molecule has 2 aliphatic rings. The molecule has 3 atom stereocenters. The van der Waals surface area contributed by atoms with E-state index < -0.39 is 0 Å². The summed E-state index contributed by atoms with van der Waals surface area (Å²) < 4.78 is 5.89. The van der Waals surface area contributed by atoms with Crippen molar-refractivity contribution < 1.29 is 4.74 Å². The summed E-state index contributed by atoms with van der Waals surface area (Å²) in [4.78, 5) is 4.45. The van der Waals surface area contributed by atoms with E-state index in [9.17, 15) is 0 Å². The average molecular weight is 344 g/mol. The summed E-state index contributed by atoms with van der Waals surface area (Å²) in [5.41, 5.74) is 1.70. The molecule has 4 heteroatoms. The molecular weight excluding hydrogens is 310 g/mol. The number of nitrogens with zero attached hydrogens (tertiary/aromatic N) is 1. The summed E-state index contributed by atoms with van der Waals surface area (Å²) in [5.74, 6) is 1.52.